The number of benzene rings is 2. The molecule has 0 aromatic heterocycles. The summed E-state index contributed by atoms with van der Waals surface area (Å²) >= 11 is 3.37. The Morgan fingerprint density at radius 1 is 1.30 bits per heavy atom. The first kappa shape index (κ1) is 17.6. The van der Waals surface area contributed by atoms with Gasteiger partial charge in [0.25, 0.3) is 0 Å². The van der Waals surface area contributed by atoms with E-state index in [1.54, 1.807) is 13.0 Å². The molecule has 0 aliphatic carbocycles. The van der Waals surface area contributed by atoms with Gasteiger partial charge in [-0.15, -0.1) is 0 Å². The highest BCUT2D eigenvalue weighted by Gasteiger charge is 2.19. The van der Waals surface area contributed by atoms with Crippen molar-refractivity contribution in [3.8, 4) is 6.07 Å². The Labute approximate surface area is 143 Å². The normalized spacial score (nSPS) is 12.6. The van der Waals surface area contributed by atoms with Crippen molar-refractivity contribution in [3.05, 3.63) is 69.4 Å². The monoisotopic (exact) mass is 396 g/mol. The SMILES string of the molecule is C[C@H](NS(=O)(=O)Cc1ccc(C#N)cc1F)c1ccccc1Br. The molecular formula is C16H14BrFN2O2S. The molecule has 0 spiro atoms. The van der Waals surface area contributed by atoms with Crippen molar-refractivity contribution in [1.82, 2.24) is 4.72 Å². The standard InChI is InChI=1S/C16H14BrFN2O2S/c1-11(14-4-2-3-5-15(14)17)20-23(21,22)10-13-7-6-12(9-19)8-16(13)18/h2-8,11,20H,10H2,1H3/t11-/m0/s1. The molecule has 0 unspecified atom stereocenters. The van der Waals surface area contributed by atoms with Gasteiger partial charge in [0, 0.05) is 16.1 Å². The number of hydrogen-bond acceptors (Lipinski definition) is 3. The Bertz CT molecular complexity index is 863. The smallest absolute Gasteiger partial charge is 0.212 e. The minimum absolute atomic E-state index is 0.0239. The zero-order valence-corrected chi connectivity index (χ0v) is 14.7. The topological polar surface area (TPSA) is 70.0 Å². The van der Waals surface area contributed by atoms with Crippen LogP contribution in [0.25, 0.3) is 0 Å². The van der Waals surface area contributed by atoms with Gasteiger partial charge in [0.1, 0.15) is 5.82 Å². The van der Waals surface area contributed by atoms with Gasteiger partial charge < -0.3 is 0 Å². The maximum Gasteiger partial charge on any atom is 0.216 e. The summed E-state index contributed by atoms with van der Waals surface area (Å²) in [6.07, 6.45) is 0. The lowest BCUT2D eigenvalue weighted by Gasteiger charge is -2.16. The molecule has 2 aromatic carbocycles. The summed E-state index contributed by atoms with van der Waals surface area (Å²) < 4.78 is 41.6. The molecule has 1 atom stereocenters. The molecule has 2 rings (SSSR count). The molecule has 2 aromatic rings. The lowest BCUT2D eigenvalue weighted by molar-refractivity contribution is 0.561. The van der Waals surface area contributed by atoms with E-state index in [1.165, 1.54) is 12.1 Å². The summed E-state index contributed by atoms with van der Waals surface area (Å²) in [4.78, 5) is 0. The van der Waals surface area contributed by atoms with E-state index in [0.717, 1.165) is 16.1 Å². The Kier molecular flexibility index (Phi) is 5.52. The second-order valence-electron chi connectivity index (χ2n) is 5.04. The first-order chi connectivity index (χ1) is 10.8. The van der Waals surface area contributed by atoms with E-state index in [0.29, 0.717) is 0 Å². The van der Waals surface area contributed by atoms with Gasteiger partial charge in [-0.25, -0.2) is 17.5 Å². The van der Waals surface area contributed by atoms with Crippen LogP contribution in [0.1, 0.15) is 29.7 Å². The number of nitriles is 1. The van der Waals surface area contributed by atoms with Crippen LogP contribution in [0, 0.1) is 17.1 Å². The van der Waals surface area contributed by atoms with Gasteiger partial charge in [-0.3, -0.25) is 0 Å². The zero-order valence-electron chi connectivity index (χ0n) is 12.3. The first-order valence-electron chi connectivity index (χ1n) is 6.75. The molecule has 0 aliphatic rings. The minimum atomic E-state index is -3.73. The van der Waals surface area contributed by atoms with Crippen molar-refractivity contribution in [2.45, 2.75) is 18.7 Å². The molecule has 0 amide bonds. The number of nitrogens with zero attached hydrogens (tertiary/aromatic N) is 1. The van der Waals surface area contributed by atoms with E-state index < -0.39 is 27.6 Å². The molecule has 0 bridgehead atoms. The van der Waals surface area contributed by atoms with Crippen LogP contribution in [0.5, 0.6) is 0 Å². The number of sulfonamides is 1. The highest BCUT2D eigenvalue weighted by molar-refractivity contribution is 9.10. The molecular weight excluding hydrogens is 383 g/mol. The lowest BCUT2D eigenvalue weighted by Crippen LogP contribution is -2.28. The van der Waals surface area contributed by atoms with E-state index in [1.807, 2.05) is 24.3 Å². The van der Waals surface area contributed by atoms with Gasteiger partial charge in [0.05, 0.1) is 17.4 Å². The fraction of sp³-hybridized carbons (Fsp3) is 0.188. The zero-order chi connectivity index (χ0) is 17.0. The third-order valence-electron chi connectivity index (χ3n) is 3.26. The second-order valence-corrected chi connectivity index (χ2v) is 7.65. The largest absolute Gasteiger partial charge is 0.216 e. The number of halogens is 2. The Morgan fingerprint density at radius 3 is 2.61 bits per heavy atom. The number of rotatable bonds is 5. The maximum absolute atomic E-state index is 13.8. The number of hydrogen-bond donors (Lipinski definition) is 1. The third kappa shape index (κ3) is 4.61. The van der Waals surface area contributed by atoms with E-state index in [4.69, 9.17) is 5.26 Å². The number of nitrogens with one attached hydrogen (secondary N) is 1. The van der Waals surface area contributed by atoms with Gasteiger partial charge in [0.2, 0.25) is 10.0 Å². The first-order valence-corrected chi connectivity index (χ1v) is 9.20. The van der Waals surface area contributed by atoms with Gasteiger partial charge in [-0.1, -0.05) is 40.2 Å². The highest BCUT2D eigenvalue weighted by Crippen LogP contribution is 2.24. The average Bonchev–Trinajstić information content (AvgIpc) is 2.49. The maximum atomic E-state index is 13.8. The molecule has 23 heavy (non-hydrogen) atoms. The molecule has 7 heteroatoms. The average molecular weight is 397 g/mol. The van der Waals surface area contributed by atoms with Gasteiger partial charge in [-0.2, -0.15) is 5.26 Å². The highest BCUT2D eigenvalue weighted by atomic mass is 79.9. The summed E-state index contributed by atoms with van der Waals surface area (Å²) in [6.45, 7) is 1.72. The van der Waals surface area contributed by atoms with E-state index in [2.05, 4.69) is 20.7 Å². The molecule has 0 heterocycles. The predicted octanol–water partition coefficient (Wildman–Crippen LogP) is 3.64. The van der Waals surface area contributed by atoms with Crippen LogP contribution in [-0.2, 0) is 15.8 Å². The molecule has 0 aliphatic heterocycles. The van der Waals surface area contributed by atoms with Crippen LogP contribution in [0.4, 0.5) is 4.39 Å². The van der Waals surface area contributed by atoms with E-state index in [-0.39, 0.29) is 11.1 Å². The molecule has 0 saturated heterocycles. The van der Waals surface area contributed by atoms with Crippen molar-refractivity contribution in [3.63, 3.8) is 0 Å². The van der Waals surface area contributed by atoms with Crippen molar-refractivity contribution in [1.29, 1.82) is 5.26 Å². The van der Waals surface area contributed by atoms with Crippen LogP contribution in [0.3, 0.4) is 0 Å². The quantitative estimate of drug-likeness (QED) is 0.838. The molecule has 0 fully saturated rings. The van der Waals surface area contributed by atoms with Crippen molar-refractivity contribution >= 4 is 26.0 Å². The van der Waals surface area contributed by atoms with Crippen LogP contribution >= 0.6 is 15.9 Å². The fourth-order valence-electron chi connectivity index (χ4n) is 2.14. The molecule has 4 nitrogen and oxygen atoms in total. The fourth-order valence-corrected chi connectivity index (χ4v) is 4.16. The van der Waals surface area contributed by atoms with Crippen molar-refractivity contribution < 1.29 is 12.8 Å². The summed E-state index contributed by atoms with van der Waals surface area (Å²) in [7, 11) is -3.73. The van der Waals surface area contributed by atoms with Gasteiger partial charge in [-0.05, 0) is 30.7 Å². The minimum Gasteiger partial charge on any atom is -0.212 e. The van der Waals surface area contributed by atoms with E-state index in [9.17, 15) is 12.8 Å². The third-order valence-corrected chi connectivity index (χ3v) is 5.38. The van der Waals surface area contributed by atoms with Crippen LogP contribution in [-0.4, -0.2) is 8.42 Å². The Hall–Kier alpha value is -1.75. The van der Waals surface area contributed by atoms with Crippen LogP contribution in [0.15, 0.2) is 46.9 Å². The van der Waals surface area contributed by atoms with Gasteiger partial charge in [0.15, 0.2) is 0 Å². The van der Waals surface area contributed by atoms with Crippen molar-refractivity contribution in [2.75, 3.05) is 0 Å². The Balaban J connectivity index is 2.17. The molecule has 0 saturated carbocycles. The summed E-state index contributed by atoms with van der Waals surface area (Å²) in [5.41, 5.74) is 0.963. The molecule has 1 N–H and O–H groups in total. The van der Waals surface area contributed by atoms with Crippen molar-refractivity contribution in [2.24, 2.45) is 0 Å². The Morgan fingerprint density at radius 2 is 2.00 bits per heavy atom. The second kappa shape index (κ2) is 7.21. The molecule has 120 valence electrons. The van der Waals surface area contributed by atoms with E-state index >= 15 is 0 Å². The predicted molar refractivity (Wildman–Crippen MR) is 89.4 cm³/mol. The lowest BCUT2D eigenvalue weighted by atomic mass is 10.1. The van der Waals surface area contributed by atoms with Gasteiger partial charge >= 0.3 is 0 Å². The van der Waals surface area contributed by atoms with Crippen LogP contribution in [0.2, 0.25) is 0 Å². The van der Waals surface area contributed by atoms with Crippen LogP contribution < -0.4 is 4.72 Å². The molecule has 0 radical (unpaired) electrons. The summed E-state index contributed by atoms with van der Waals surface area (Å²) in [5.74, 6) is -1.19. The summed E-state index contributed by atoms with van der Waals surface area (Å²) in [6, 6.07) is 12.4. The summed E-state index contributed by atoms with van der Waals surface area (Å²) in [5, 5.41) is 8.70.